The van der Waals surface area contributed by atoms with Crippen molar-refractivity contribution in [3.05, 3.63) is 101 Å². The molecular weight excluding hydrogens is 419 g/mol. The fourth-order valence-electron chi connectivity index (χ4n) is 3.91. The van der Waals surface area contributed by atoms with Crippen LogP contribution in [-0.2, 0) is 24.2 Å². The number of nitrogens with zero attached hydrogens (tertiary/aromatic N) is 2. The zero-order valence-electron chi connectivity index (χ0n) is 17.9. The molecule has 1 atom stereocenters. The van der Waals surface area contributed by atoms with Crippen LogP contribution in [0, 0.1) is 17.1 Å². The normalized spacial score (nSPS) is 13.4. The molecule has 0 unspecified atom stereocenters. The highest BCUT2D eigenvalue weighted by Crippen LogP contribution is 2.20. The van der Waals surface area contributed by atoms with Crippen LogP contribution < -0.4 is 10.6 Å². The molecule has 0 fully saturated rings. The topological polar surface area (TPSA) is 85.2 Å². The lowest BCUT2D eigenvalue weighted by Crippen LogP contribution is -2.51. The van der Waals surface area contributed by atoms with Gasteiger partial charge in [0.25, 0.3) is 0 Å². The molecule has 1 heterocycles. The second-order valence-corrected chi connectivity index (χ2v) is 7.95. The van der Waals surface area contributed by atoms with Gasteiger partial charge < -0.3 is 15.5 Å². The maximum Gasteiger partial charge on any atom is 0.319 e. The van der Waals surface area contributed by atoms with Gasteiger partial charge in [-0.25, -0.2) is 9.18 Å². The highest BCUT2D eigenvalue weighted by molar-refractivity contribution is 5.94. The highest BCUT2D eigenvalue weighted by Gasteiger charge is 2.28. The third kappa shape index (κ3) is 5.55. The summed E-state index contributed by atoms with van der Waals surface area (Å²) in [6, 6.07) is 21.1. The Hall–Kier alpha value is -4.18. The molecule has 166 valence electrons. The van der Waals surface area contributed by atoms with Gasteiger partial charge in [0, 0.05) is 25.2 Å². The summed E-state index contributed by atoms with van der Waals surface area (Å²) in [5.74, 6) is -0.580. The van der Waals surface area contributed by atoms with Gasteiger partial charge >= 0.3 is 6.03 Å². The van der Waals surface area contributed by atoms with Crippen molar-refractivity contribution < 1.29 is 14.0 Å². The molecule has 3 aromatic carbocycles. The molecule has 0 aromatic heterocycles. The van der Waals surface area contributed by atoms with Crippen molar-refractivity contribution in [1.82, 2.24) is 10.2 Å². The van der Waals surface area contributed by atoms with Gasteiger partial charge in [-0.2, -0.15) is 5.26 Å². The smallest absolute Gasteiger partial charge is 0.319 e. The number of hydrogen-bond donors (Lipinski definition) is 2. The number of urea groups is 1. The molecule has 4 rings (SSSR count). The minimum Gasteiger partial charge on any atom is -0.336 e. The van der Waals surface area contributed by atoms with Crippen molar-refractivity contribution in [2.45, 2.75) is 25.4 Å². The van der Waals surface area contributed by atoms with E-state index in [0.717, 1.165) is 17.5 Å². The molecule has 2 N–H and O–H groups in total. The fraction of sp³-hybridized carbons (Fsp3) is 0.192. The van der Waals surface area contributed by atoms with E-state index in [1.165, 1.54) is 29.8 Å². The van der Waals surface area contributed by atoms with Crippen LogP contribution >= 0.6 is 0 Å². The lowest BCUT2D eigenvalue weighted by molar-refractivity contribution is -0.134. The Balaban J connectivity index is 1.51. The van der Waals surface area contributed by atoms with E-state index < -0.39 is 17.9 Å². The second-order valence-electron chi connectivity index (χ2n) is 7.95. The van der Waals surface area contributed by atoms with E-state index in [4.69, 9.17) is 5.26 Å². The molecular formula is C26H23FN4O2. The number of fused-ring (bicyclic) bond motifs is 1. The van der Waals surface area contributed by atoms with E-state index in [1.807, 2.05) is 18.2 Å². The largest absolute Gasteiger partial charge is 0.336 e. The molecule has 0 spiro atoms. The van der Waals surface area contributed by atoms with Gasteiger partial charge in [-0.15, -0.1) is 0 Å². The van der Waals surface area contributed by atoms with Gasteiger partial charge in [-0.05, 0) is 59.5 Å². The summed E-state index contributed by atoms with van der Waals surface area (Å²) < 4.78 is 13.1. The van der Waals surface area contributed by atoms with E-state index >= 15 is 0 Å². The minimum absolute atomic E-state index is 0.178. The van der Waals surface area contributed by atoms with Crippen molar-refractivity contribution in [2.24, 2.45) is 0 Å². The van der Waals surface area contributed by atoms with Crippen molar-refractivity contribution >= 4 is 17.6 Å². The SMILES string of the molecule is N#Cc1ccc(C[C@H](NC(=O)Nc2ccc(F)cc2)C(=O)N2CCc3ccccc3C2)cc1. The maximum absolute atomic E-state index is 13.4. The lowest BCUT2D eigenvalue weighted by atomic mass is 9.98. The molecule has 7 heteroatoms. The number of rotatable bonds is 5. The highest BCUT2D eigenvalue weighted by atomic mass is 19.1. The molecule has 0 bridgehead atoms. The summed E-state index contributed by atoms with van der Waals surface area (Å²) in [5, 5.41) is 14.5. The van der Waals surface area contributed by atoms with E-state index in [1.54, 1.807) is 29.2 Å². The van der Waals surface area contributed by atoms with Gasteiger partial charge in [0.15, 0.2) is 0 Å². The first-order chi connectivity index (χ1) is 16.0. The van der Waals surface area contributed by atoms with Gasteiger partial charge in [0.05, 0.1) is 11.6 Å². The standard InChI is InChI=1S/C26H23FN4O2/c27-22-9-11-23(12-10-22)29-26(33)30-24(15-18-5-7-19(16-28)8-6-18)25(32)31-14-13-20-3-1-2-4-21(20)17-31/h1-12,24H,13-15,17H2,(H2,29,30,33)/t24-/m0/s1. The molecule has 1 aliphatic heterocycles. The summed E-state index contributed by atoms with van der Waals surface area (Å²) in [5.41, 5.74) is 4.10. The van der Waals surface area contributed by atoms with Crippen molar-refractivity contribution in [2.75, 3.05) is 11.9 Å². The Bertz CT molecular complexity index is 1190. The predicted octanol–water partition coefficient (Wildman–Crippen LogP) is 4.02. The van der Waals surface area contributed by atoms with Crippen LogP contribution in [0.2, 0.25) is 0 Å². The number of carbonyl (C=O) groups is 2. The number of nitrogens with one attached hydrogen (secondary N) is 2. The third-order valence-electron chi connectivity index (χ3n) is 5.67. The van der Waals surface area contributed by atoms with E-state index in [9.17, 15) is 14.0 Å². The molecule has 0 aliphatic carbocycles. The molecule has 3 aromatic rings. The average molecular weight is 442 g/mol. The molecule has 0 saturated carbocycles. The van der Waals surface area contributed by atoms with E-state index in [0.29, 0.717) is 24.3 Å². The van der Waals surface area contributed by atoms with Gasteiger partial charge in [-0.1, -0.05) is 36.4 Å². The molecule has 1 aliphatic rings. The first-order valence-corrected chi connectivity index (χ1v) is 10.7. The van der Waals surface area contributed by atoms with Crippen LogP contribution in [0.4, 0.5) is 14.9 Å². The summed E-state index contributed by atoms with van der Waals surface area (Å²) in [7, 11) is 0. The monoisotopic (exact) mass is 442 g/mol. The number of nitriles is 1. The number of carbonyl (C=O) groups excluding carboxylic acids is 2. The number of anilines is 1. The lowest BCUT2D eigenvalue weighted by Gasteiger charge is -2.32. The van der Waals surface area contributed by atoms with Crippen molar-refractivity contribution in [3.8, 4) is 6.07 Å². The second kappa shape index (κ2) is 9.96. The minimum atomic E-state index is -0.802. The maximum atomic E-state index is 13.4. The van der Waals surface area contributed by atoms with Crippen LogP contribution in [0.25, 0.3) is 0 Å². The van der Waals surface area contributed by atoms with Gasteiger partial charge in [0.1, 0.15) is 11.9 Å². The van der Waals surface area contributed by atoms with Crippen LogP contribution in [0.5, 0.6) is 0 Å². The Labute approximate surface area is 191 Å². The van der Waals surface area contributed by atoms with Gasteiger partial charge in [-0.3, -0.25) is 4.79 Å². The Morgan fingerprint density at radius 2 is 1.70 bits per heavy atom. The quantitative estimate of drug-likeness (QED) is 0.626. The van der Waals surface area contributed by atoms with E-state index in [-0.39, 0.29) is 12.3 Å². The predicted molar refractivity (Wildman–Crippen MR) is 123 cm³/mol. The number of benzene rings is 3. The van der Waals surface area contributed by atoms with Crippen LogP contribution in [-0.4, -0.2) is 29.4 Å². The molecule has 33 heavy (non-hydrogen) atoms. The summed E-state index contributed by atoms with van der Waals surface area (Å²) in [6.07, 6.45) is 1.03. The third-order valence-corrected chi connectivity index (χ3v) is 5.67. The average Bonchev–Trinajstić information content (AvgIpc) is 2.84. The number of halogens is 1. The summed E-state index contributed by atoms with van der Waals surface area (Å²) >= 11 is 0. The Morgan fingerprint density at radius 1 is 1.00 bits per heavy atom. The fourth-order valence-corrected chi connectivity index (χ4v) is 3.91. The first kappa shape index (κ1) is 22.0. The van der Waals surface area contributed by atoms with Crippen molar-refractivity contribution in [1.29, 1.82) is 5.26 Å². The number of hydrogen-bond acceptors (Lipinski definition) is 3. The van der Waals surface area contributed by atoms with Crippen LogP contribution in [0.3, 0.4) is 0 Å². The number of amides is 3. The molecule has 6 nitrogen and oxygen atoms in total. The van der Waals surface area contributed by atoms with Gasteiger partial charge in [0.2, 0.25) is 5.91 Å². The molecule has 3 amide bonds. The summed E-state index contributed by atoms with van der Waals surface area (Å²) in [6.45, 7) is 1.06. The molecule has 0 radical (unpaired) electrons. The Kier molecular flexibility index (Phi) is 6.65. The first-order valence-electron chi connectivity index (χ1n) is 10.7. The van der Waals surface area contributed by atoms with Crippen LogP contribution in [0.1, 0.15) is 22.3 Å². The zero-order chi connectivity index (χ0) is 23.2. The summed E-state index contributed by atoms with van der Waals surface area (Å²) in [4.78, 5) is 27.9. The molecule has 0 saturated heterocycles. The van der Waals surface area contributed by atoms with E-state index in [2.05, 4.69) is 22.8 Å². The Morgan fingerprint density at radius 3 is 2.39 bits per heavy atom. The zero-order valence-corrected chi connectivity index (χ0v) is 17.9. The van der Waals surface area contributed by atoms with Crippen LogP contribution in [0.15, 0.2) is 72.8 Å². The van der Waals surface area contributed by atoms with Crippen molar-refractivity contribution in [3.63, 3.8) is 0 Å².